The van der Waals surface area contributed by atoms with Crippen molar-refractivity contribution in [2.24, 2.45) is 0 Å². The molecule has 0 spiro atoms. The van der Waals surface area contributed by atoms with Gasteiger partial charge in [0.1, 0.15) is 22.6 Å². The number of rotatable bonds is 9. The van der Waals surface area contributed by atoms with Gasteiger partial charge in [0.25, 0.3) is 0 Å². The van der Waals surface area contributed by atoms with Crippen LogP contribution in [0.15, 0.2) is 86.6 Å². The molecule has 0 bridgehead atoms. The van der Waals surface area contributed by atoms with E-state index in [0.29, 0.717) is 30.7 Å². The Labute approximate surface area is 245 Å². The molecule has 1 aliphatic heterocycles. The number of anilines is 1. The minimum absolute atomic E-state index is 0.244. The second-order valence-corrected chi connectivity index (χ2v) is 10.2. The van der Waals surface area contributed by atoms with Gasteiger partial charge in [0.2, 0.25) is 5.95 Å². The summed E-state index contributed by atoms with van der Waals surface area (Å²) in [6.45, 7) is 5.17. The Hall–Kier alpha value is -5.23. The second kappa shape index (κ2) is 13.2. The number of aliphatic carboxylic acids is 2. The summed E-state index contributed by atoms with van der Waals surface area (Å²) in [7, 11) is 0. The molecule has 0 radical (unpaired) electrons. The van der Waals surface area contributed by atoms with Crippen molar-refractivity contribution in [3.8, 4) is 0 Å². The van der Waals surface area contributed by atoms with Gasteiger partial charge in [-0.05, 0) is 56.2 Å². The van der Waals surface area contributed by atoms with Gasteiger partial charge in [-0.3, -0.25) is 4.57 Å². The predicted molar refractivity (Wildman–Crippen MR) is 159 cm³/mol. The number of aromatic nitrogens is 3. The Morgan fingerprint density at radius 1 is 1.07 bits per heavy atom. The van der Waals surface area contributed by atoms with Crippen LogP contribution in [0.25, 0.3) is 22.1 Å². The predicted octanol–water partition coefficient (Wildman–Crippen LogP) is 3.93. The molecular formula is C31H31N5O7. The fraction of sp³-hybridized carbons (Fsp3) is 0.258. The summed E-state index contributed by atoms with van der Waals surface area (Å²) in [5.41, 5.74) is 2.81. The van der Waals surface area contributed by atoms with E-state index >= 15 is 0 Å². The van der Waals surface area contributed by atoms with Gasteiger partial charge in [0, 0.05) is 55.0 Å². The summed E-state index contributed by atoms with van der Waals surface area (Å²) in [5, 5.41) is 20.2. The van der Waals surface area contributed by atoms with Crippen molar-refractivity contribution in [2.75, 3.05) is 25.0 Å². The van der Waals surface area contributed by atoms with Crippen molar-refractivity contribution in [2.45, 2.75) is 32.4 Å². The standard InChI is InChI=1S/C27H27N5O3.C4H4O4/c1-18-8-9-22(34-18)17-32-25-23(6-4-12-28-25)30-27(32)29-21-11-14-31(16-21)13-10-20-15-19-5-2-3-7-24(19)35-26(20)33;5-3(6)1-2-4(7)8/h2-9,12,15,21H,10-11,13-14,16-17H2,1H3,(H,29,30);1-2H,(H,5,6)(H,7,8)/b;2-1+. The van der Waals surface area contributed by atoms with Crippen molar-refractivity contribution in [3.05, 3.63) is 100 Å². The van der Waals surface area contributed by atoms with E-state index in [9.17, 15) is 14.4 Å². The molecule has 1 atom stereocenters. The number of hydrogen-bond acceptors (Lipinski definition) is 9. The second-order valence-electron chi connectivity index (χ2n) is 10.2. The summed E-state index contributed by atoms with van der Waals surface area (Å²) in [4.78, 5) is 43.3. The lowest BCUT2D eigenvalue weighted by molar-refractivity contribution is -0.134. The Morgan fingerprint density at radius 3 is 2.60 bits per heavy atom. The Kier molecular flexibility index (Phi) is 8.96. The highest BCUT2D eigenvalue weighted by Crippen LogP contribution is 2.23. The molecule has 1 fully saturated rings. The molecule has 12 heteroatoms. The van der Waals surface area contributed by atoms with Crippen LogP contribution in [-0.2, 0) is 22.6 Å². The minimum Gasteiger partial charge on any atom is -0.478 e. The van der Waals surface area contributed by atoms with Crippen LogP contribution in [0.5, 0.6) is 0 Å². The number of aryl methyl sites for hydroxylation is 1. The van der Waals surface area contributed by atoms with Crippen molar-refractivity contribution in [1.29, 1.82) is 0 Å². The zero-order valence-electron chi connectivity index (χ0n) is 23.5. The van der Waals surface area contributed by atoms with Crippen LogP contribution in [-0.4, -0.2) is 67.3 Å². The number of carbonyl (C=O) groups is 2. The zero-order chi connectivity index (χ0) is 30.3. The highest BCUT2D eigenvalue weighted by atomic mass is 16.4. The number of likely N-dealkylation sites (tertiary alicyclic amines) is 1. The van der Waals surface area contributed by atoms with Gasteiger partial charge >= 0.3 is 17.6 Å². The number of carboxylic acids is 2. The normalized spacial score (nSPS) is 15.1. The van der Waals surface area contributed by atoms with Gasteiger partial charge in [-0.15, -0.1) is 0 Å². The number of furan rings is 1. The van der Waals surface area contributed by atoms with Gasteiger partial charge in [0.15, 0.2) is 5.65 Å². The number of imidazole rings is 1. The summed E-state index contributed by atoms with van der Waals surface area (Å²) in [5.74, 6) is 0.0473. The molecule has 1 aromatic carbocycles. The van der Waals surface area contributed by atoms with Crippen LogP contribution < -0.4 is 10.9 Å². The third-order valence-electron chi connectivity index (χ3n) is 7.00. The average Bonchev–Trinajstić information content (AvgIpc) is 3.70. The third-order valence-corrected chi connectivity index (χ3v) is 7.00. The molecule has 4 aromatic heterocycles. The first-order valence-corrected chi connectivity index (χ1v) is 13.8. The number of hydrogen-bond donors (Lipinski definition) is 3. The number of carboxylic acid groups (broad SMARTS) is 2. The van der Waals surface area contributed by atoms with Gasteiger partial charge in [-0.1, -0.05) is 18.2 Å². The van der Waals surface area contributed by atoms with E-state index in [1.165, 1.54) is 0 Å². The molecule has 1 unspecified atom stereocenters. The van der Waals surface area contributed by atoms with E-state index < -0.39 is 11.9 Å². The minimum atomic E-state index is -1.26. The Bertz CT molecular complexity index is 1820. The maximum absolute atomic E-state index is 12.4. The molecule has 12 nitrogen and oxygen atoms in total. The summed E-state index contributed by atoms with van der Waals surface area (Å²) < 4.78 is 13.4. The van der Waals surface area contributed by atoms with E-state index in [2.05, 4.69) is 19.8 Å². The summed E-state index contributed by atoms with van der Waals surface area (Å²) >= 11 is 0. The molecule has 0 amide bonds. The quantitative estimate of drug-likeness (QED) is 0.170. The van der Waals surface area contributed by atoms with E-state index in [1.54, 1.807) is 6.20 Å². The number of pyridine rings is 1. The lowest BCUT2D eigenvalue weighted by Gasteiger charge is -2.17. The smallest absolute Gasteiger partial charge is 0.339 e. The largest absolute Gasteiger partial charge is 0.478 e. The van der Waals surface area contributed by atoms with Crippen molar-refractivity contribution >= 4 is 40.0 Å². The molecule has 6 rings (SSSR count). The van der Waals surface area contributed by atoms with Gasteiger partial charge in [-0.25, -0.2) is 24.4 Å². The molecule has 1 aliphatic rings. The lowest BCUT2D eigenvalue weighted by Crippen LogP contribution is -2.29. The fourth-order valence-electron chi connectivity index (χ4n) is 4.98. The Balaban J connectivity index is 0.000000407. The Morgan fingerprint density at radius 2 is 1.86 bits per heavy atom. The lowest BCUT2D eigenvalue weighted by atomic mass is 10.1. The van der Waals surface area contributed by atoms with Crippen molar-refractivity contribution in [1.82, 2.24) is 19.4 Å². The third kappa shape index (κ3) is 7.54. The van der Waals surface area contributed by atoms with Crippen LogP contribution in [0.3, 0.4) is 0 Å². The molecule has 5 aromatic rings. The van der Waals surface area contributed by atoms with Crippen LogP contribution >= 0.6 is 0 Å². The molecular weight excluding hydrogens is 554 g/mol. The van der Waals surface area contributed by atoms with Crippen LogP contribution in [0.4, 0.5) is 5.95 Å². The molecule has 222 valence electrons. The van der Waals surface area contributed by atoms with E-state index in [4.69, 9.17) is 24.0 Å². The molecule has 0 aliphatic carbocycles. The summed E-state index contributed by atoms with van der Waals surface area (Å²) in [6.07, 6.45) is 4.58. The maximum atomic E-state index is 12.4. The zero-order valence-corrected chi connectivity index (χ0v) is 23.5. The van der Waals surface area contributed by atoms with Gasteiger partial charge < -0.3 is 29.3 Å². The molecule has 1 saturated heterocycles. The van der Waals surface area contributed by atoms with E-state index in [0.717, 1.165) is 65.6 Å². The van der Waals surface area contributed by atoms with Crippen LogP contribution in [0, 0.1) is 6.92 Å². The molecule has 0 saturated carbocycles. The first kappa shape index (κ1) is 29.3. The molecule has 43 heavy (non-hydrogen) atoms. The number of para-hydroxylation sites is 1. The molecule has 3 N–H and O–H groups in total. The van der Waals surface area contributed by atoms with Gasteiger partial charge in [0.05, 0.1) is 6.54 Å². The highest BCUT2D eigenvalue weighted by molar-refractivity contribution is 5.89. The highest BCUT2D eigenvalue weighted by Gasteiger charge is 2.25. The number of nitrogens with one attached hydrogen (secondary N) is 1. The van der Waals surface area contributed by atoms with Crippen LogP contribution in [0.1, 0.15) is 23.5 Å². The monoisotopic (exact) mass is 585 g/mol. The van der Waals surface area contributed by atoms with Crippen molar-refractivity contribution in [3.63, 3.8) is 0 Å². The van der Waals surface area contributed by atoms with E-state index in [-0.39, 0.29) is 11.7 Å². The fourth-order valence-corrected chi connectivity index (χ4v) is 4.98. The average molecular weight is 586 g/mol. The topological polar surface area (TPSA) is 164 Å². The first-order valence-electron chi connectivity index (χ1n) is 13.8. The maximum Gasteiger partial charge on any atom is 0.339 e. The van der Waals surface area contributed by atoms with Gasteiger partial charge in [-0.2, -0.15) is 0 Å². The van der Waals surface area contributed by atoms with Crippen molar-refractivity contribution < 1.29 is 28.6 Å². The molecule has 5 heterocycles. The number of fused-ring (bicyclic) bond motifs is 2. The van der Waals surface area contributed by atoms with Crippen LogP contribution in [0.2, 0.25) is 0 Å². The number of benzene rings is 1. The van der Waals surface area contributed by atoms with E-state index in [1.807, 2.05) is 61.5 Å². The first-order chi connectivity index (χ1) is 20.7. The SMILES string of the molecule is Cc1ccc(Cn2c(NC3CCN(CCc4cc5ccccc5oc4=O)C3)nc3cccnc32)o1.O=C(O)/C=C/C(=O)O. The summed E-state index contributed by atoms with van der Waals surface area (Å²) in [6, 6.07) is 17.7. The number of nitrogens with zero attached hydrogens (tertiary/aromatic N) is 4.